The number of hydrogen-bond acceptors (Lipinski definition) is 5. The topological polar surface area (TPSA) is 76.7 Å². The van der Waals surface area contributed by atoms with Crippen LogP contribution >= 0.6 is 0 Å². The summed E-state index contributed by atoms with van der Waals surface area (Å²) in [6, 6.07) is 7.37. The molecule has 0 fully saturated rings. The lowest BCUT2D eigenvalue weighted by Crippen LogP contribution is -2.39. The van der Waals surface area contributed by atoms with Crippen molar-refractivity contribution in [1.82, 2.24) is 5.32 Å². The molecule has 126 valence electrons. The number of rotatable bonds is 9. The summed E-state index contributed by atoms with van der Waals surface area (Å²) in [6.07, 6.45) is 3.07. The Morgan fingerprint density at radius 1 is 1.26 bits per heavy atom. The van der Waals surface area contributed by atoms with E-state index in [9.17, 15) is 9.59 Å². The summed E-state index contributed by atoms with van der Waals surface area (Å²) in [7, 11) is 1.60. The smallest absolute Gasteiger partial charge is 0.330 e. The monoisotopic (exact) mass is 320 g/mol. The van der Waals surface area contributed by atoms with Crippen molar-refractivity contribution in [3.05, 3.63) is 35.9 Å². The molecule has 23 heavy (non-hydrogen) atoms. The van der Waals surface area contributed by atoms with Crippen LogP contribution in [-0.2, 0) is 19.1 Å². The quantitative estimate of drug-likeness (QED) is 0.536. The highest BCUT2D eigenvalue weighted by atomic mass is 16.5. The molecule has 0 aliphatic heterocycles. The van der Waals surface area contributed by atoms with E-state index in [4.69, 9.17) is 9.47 Å². The van der Waals surface area contributed by atoms with E-state index in [0.717, 1.165) is 11.3 Å². The molecule has 1 aromatic rings. The predicted octanol–water partition coefficient (Wildman–Crippen LogP) is 1.83. The van der Waals surface area contributed by atoms with Gasteiger partial charge in [-0.05, 0) is 37.6 Å². The van der Waals surface area contributed by atoms with Gasteiger partial charge in [-0.25, -0.2) is 4.79 Å². The van der Waals surface area contributed by atoms with Crippen molar-refractivity contribution in [3.63, 3.8) is 0 Å². The van der Waals surface area contributed by atoms with E-state index in [1.165, 1.54) is 6.08 Å². The molecule has 0 aromatic heterocycles. The summed E-state index contributed by atoms with van der Waals surface area (Å²) < 4.78 is 9.77. The third-order valence-electron chi connectivity index (χ3n) is 2.89. The number of benzene rings is 1. The van der Waals surface area contributed by atoms with E-state index in [0.29, 0.717) is 13.2 Å². The second-order valence-corrected chi connectivity index (χ2v) is 4.98. The van der Waals surface area contributed by atoms with Gasteiger partial charge in [0.15, 0.2) is 0 Å². The lowest BCUT2D eigenvalue weighted by molar-refractivity contribution is -0.137. The van der Waals surface area contributed by atoms with Crippen LogP contribution in [-0.4, -0.2) is 44.8 Å². The minimum atomic E-state index is -0.364. The van der Waals surface area contributed by atoms with Crippen LogP contribution in [0.2, 0.25) is 0 Å². The summed E-state index contributed by atoms with van der Waals surface area (Å²) in [5, 5.41) is 5.85. The first-order chi connectivity index (χ1) is 11.0. The van der Waals surface area contributed by atoms with Crippen LogP contribution in [0.5, 0.6) is 0 Å². The van der Waals surface area contributed by atoms with Crippen molar-refractivity contribution in [2.75, 3.05) is 32.2 Å². The Morgan fingerprint density at radius 2 is 1.96 bits per heavy atom. The number of methoxy groups -OCH3 is 1. The summed E-state index contributed by atoms with van der Waals surface area (Å²) in [4.78, 5) is 22.9. The Balaban J connectivity index is 2.42. The highest BCUT2D eigenvalue weighted by Gasteiger charge is 2.06. The summed E-state index contributed by atoms with van der Waals surface area (Å²) in [6.45, 7) is 4.67. The molecule has 2 N–H and O–H groups in total. The van der Waals surface area contributed by atoms with Crippen LogP contribution < -0.4 is 10.6 Å². The predicted molar refractivity (Wildman–Crippen MR) is 90.1 cm³/mol. The van der Waals surface area contributed by atoms with Gasteiger partial charge in [0, 0.05) is 24.9 Å². The number of ether oxygens (including phenoxy) is 2. The van der Waals surface area contributed by atoms with Crippen molar-refractivity contribution in [2.24, 2.45) is 0 Å². The molecule has 1 amide bonds. The van der Waals surface area contributed by atoms with Gasteiger partial charge in [0.25, 0.3) is 0 Å². The molecule has 6 nitrogen and oxygen atoms in total. The van der Waals surface area contributed by atoms with Gasteiger partial charge in [0.05, 0.1) is 19.8 Å². The highest BCUT2D eigenvalue weighted by molar-refractivity contribution is 5.87. The Hall–Kier alpha value is -2.34. The van der Waals surface area contributed by atoms with Gasteiger partial charge in [-0.2, -0.15) is 0 Å². The van der Waals surface area contributed by atoms with Crippen LogP contribution in [0.15, 0.2) is 30.3 Å². The zero-order chi connectivity index (χ0) is 17.1. The molecular formula is C17H24N2O4. The van der Waals surface area contributed by atoms with Crippen molar-refractivity contribution in [2.45, 2.75) is 19.9 Å². The average molecular weight is 320 g/mol. The SMILES string of the molecule is CCOC(=O)/C=C/c1ccc(NCC(=O)NC(C)COC)cc1. The van der Waals surface area contributed by atoms with Crippen LogP contribution in [0.4, 0.5) is 5.69 Å². The fourth-order valence-electron chi connectivity index (χ4n) is 1.87. The van der Waals surface area contributed by atoms with Crippen LogP contribution in [0.1, 0.15) is 19.4 Å². The first kappa shape index (κ1) is 18.7. The fourth-order valence-corrected chi connectivity index (χ4v) is 1.87. The molecule has 0 saturated heterocycles. The number of hydrogen-bond donors (Lipinski definition) is 2. The third kappa shape index (κ3) is 8.01. The second kappa shape index (κ2) is 10.4. The minimum Gasteiger partial charge on any atom is -0.463 e. The zero-order valence-corrected chi connectivity index (χ0v) is 13.8. The van der Waals surface area contributed by atoms with E-state index in [1.54, 1.807) is 20.1 Å². The van der Waals surface area contributed by atoms with Crippen molar-refractivity contribution in [1.29, 1.82) is 0 Å². The van der Waals surface area contributed by atoms with Gasteiger partial charge in [-0.15, -0.1) is 0 Å². The lowest BCUT2D eigenvalue weighted by Gasteiger charge is -2.13. The Bertz CT molecular complexity index is 526. The molecule has 6 heteroatoms. The van der Waals surface area contributed by atoms with E-state index < -0.39 is 0 Å². The van der Waals surface area contributed by atoms with Crippen LogP contribution in [0.25, 0.3) is 6.08 Å². The molecule has 0 bridgehead atoms. The lowest BCUT2D eigenvalue weighted by atomic mass is 10.2. The van der Waals surface area contributed by atoms with Crippen molar-refractivity contribution in [3.8, 4) is 0 Å². The van der Waals surface area contributed by atoms with Gasteiger partial charge in [0.1, 0.15) is 0 Å². The first-order valence-corrected chi connectivity index (χ1v) is 7.52. The third-order valence-corrected chi connectivity index (χ3v) is 2.89. The van der Waals surface area contributed by atoms with Gasteiger partial charge in [-0.1, -0.05) is 12.1 Å². The molecule has 0 aliphatic rings. The van der Waals surface area contributed by atoms with Gasteiger partial charge in [-0.3, -0.25) is 4.79 Å². The molecular weight excluding hydrogens is 296 g/mol. The van der Waals surface area contributed by atoms with Crippen molar-refractivity contribution >= 4 is 23.6 Å². The summed E-state index contributed by atoms with van der Waals surface area (Å²) in [5.74, 6) is -0.461. The van der Waals surface area contributed by atoms with Gasteiger partial charge in [0.2, 0.25) is 5.91 Å². The fraction of sp³-hybridized carbons (Fsp3) is 0.412. The maximum atomic E-state index is 11.7. The first-order valence-electron chi connectivity index (χ1n) is 7.52. The normalized spacial score (nSPS) is 12.0. The summed E-state index contributed by atoms with van der Waals surface area (Å²) in [5.41, 5.74) is 1.70. The molecule has 0 heterocycles. The van der Waals surface area contributed by atoms with E-state index in [2.05, 4.69) is 10.6 Å². The number of carbonyl (C=O) groups is 2. The van der Waals surface area contributed by atoms with E-state index in [-0.39, 0.29) is 24.5 Å². The van der Waals surface area contributed by atoms with Gasteiger partial charge < -0.3 is 20.1 Å². The maximum absolute atomic E-state index is 11.7. The second-order valence-electron chi connectivity index (χ2n) is 4.98. The standard InChI is InChI=1S/C17H24N2O4/c1-4-23-17(21)10-7-14-5-8-15(9-6-14)18-11-16(20)19-13(2)12-22-3/h5-10,13,18H,4,11-12H2,1-3H3,(H,19,20)/b10-7+. The minimum absolute atomic E-state index is 0.0234. The number of amides is 1. The average Bonchev–Trinajstić information content (AvgIpc) is 2.52. The van der Waals surface area contributed by atoms with Crippen LogP contribution in [0, 0.1) is 0 Å². The molecule has 0 radical (unpaired) electrons. The molecule has 0 aliphatic carbocycles. The molecule has 0 spiro atoms. The maximum Gasteiger partial charge on any atom is 0.330 e. The molecule has 1 rings (SSSR count). The number of anilines is 1. The zero-order valence-electron chi connectivity index (χ0n) is 13.8. The number of carbonyl (C=O) groups excluding carboxylic acids is 2. The number of esters is 1. The Morgan fingerprint density at radius 3 is 2.57 bits per heavy atom. The van der Waals surface area contributed by atoms with Gasteiger partial charge >= 0.3 is 5.97 Å². The van der Waals surface area contributed by atoms with Crippen molar-refractivity contribution < 1.29 is 19.1 Å². The molecule has 1 atom stereocenters. The molecule has 1 aromatic carbocycles. The largest absolute Gasteiger partial charge is 0.463 e. The molecule has 0 saturated carbocycles. The van der Waals surface area contributed by atoms with E-state index in [1.807, 2.05) is 31.2 Å². The highest BCUT2D eigenvalue weighted by Crippen LogP contribution is 2.10. The van der Waals surface area contributed by atoms with E-state index >= 15 is 0 Å². The molecule has 1 unspecified atom stereocenters. The Kier molecular flexibility index (Phi) is 8.46. The Labute approximate surface area is 136 Å². The van der Waals surface area contributed by atoms with Crippen LogP contribution in [0.3, 0.4) is 0 Å². The summed E-state index contributed by atoms with van der Waals surface area (Å²) >= 11 is 0. The number of nitrogens with one attached hydrogen (secondary N) is 2.